The zero-order valence-corrected chi connectivity index (χ0v) is 27.7. The second-order valence-corrected chi connectivity index (χ2v) is 13.6. The summed E-state index contributed by atoms with van der Waals surface area (Å²) in [6.45, 7) is 0. The van der Waals surface area contributed by atoms with Crippen LogP contribution in [-0.4, -0.2) is 19.5 Å². The third kappa shape index (κ3) is 4.79. The number of rotatable bonds is 5. The third-order valence-electron chi connectivity index (χ3n) is 9.45. The molecule has 0 aliphatic heterocycles. The summed E-state index contributed by atoms with van der Waals surface area (Å²) in [6.07, 6.45) is 0. The normalized spacial score (nSPS) is 11.6. The van der Waals surface area contributed by atoms with Gasteiger partial charge in [-0.05, 0) is 47.5 Å². The summed E-state index contributed by atoms with van der Waals surface area (Å²) in [4.78, 5) is 14.8. The Balaban J connectivity index is 1.12. The van der Waals surface area contributed by atoms with Crippen molar-refractivity contribution in [2.75, 3.05) is 0 Å². The summed E-state index contributed by atoms with van der Waals surface area (Å²) in [5.41, 5.74) is 8.87. The van der Waals surface area contributed by atoms with Gasteiger partial charge in [-0.15, -0.1) is 11.3 Å². The molecular formula is C45H28N4S. The standard InChI is InChI=1S/C45H28N4S/c1-4-12-29(13-5-1)32-20-23-36-35-18-10-11-19-39(35)49(40(36)26-32)34-22-25-41-38(28-34)37-24-21-33(27-42(37)50-41)45-47-43(30-14-6-2-7-15-30)46-44(48-45)31-16-8-3-9-17-31/h1-28H. The first kappa shape index (κ1) is 28.6. The Kier molecular flexibility index (Phi) is 6.64. The van der Waals surface area contributed by atoms with Crippen molar-refractivity contribution in [3.05, 3.63) is 170 Å². The van der Waals surface area contributed by atoms with E-state index >= 15 is 0 Å². The predicted octanol–water partition coefficient (Wildman–Crippen LogP) is 12.0. The molecule has 0 spiro atoms. The highest BCUT2D eigenvalue weighted by atomic mass is 32.1. The number of aromatic nitrogens is 4. The Morgan fingerprint density at radius 3 is 1.60 bits per heavy atom. The van der Waals surface area contributed by atoms with E-state index in [1.807, 2.05) is 60.7 Å². The van der Waals surface area contributed by atoms with Gasteiger partial charge in [-0.2, -0.15) is 0 Å². The number of hydrogen-bond donors (Lipinski definition) is 0. The zero-order chi connectivity index (χ0) is 33.0. The molecule has 3 aromatic heterocycles. The van der Waals surface area contributed by atoms with Crippen molar-refractivity contribution in [1.82, 2.24) is 19.5 Å². The maximum atomic E-state index is 4.97. The van der Waals surface area contributed by atoms with Crippen LogP contribution in [-0.2, 0) is 0 Å². The molecule has 7 aromatic carbocycles. The van der Waals surface area contributed by atoms with Gasteiger partial charge in [0.25, 0.3) is 0 Å². The SMILES string of the molecule is c1ccc(-c2ccc3c4ccccc4n(-c4ccc5sc6cc(-c7nc(-c8ccccc8)nc(-c8ccccc8)n7)ccc6c5c4)c3c2)cc1. The summed E-state index contributed by atoms with van der Waals surface area (Å²) in [6, 6.07) is 59.8. The molecule has 0 atom stereocenters. The number of hydrogen-bond acceptors (Lipinski definition) is 4. The van der Waals surface area contributed by atoms with Gasteiger partial charge in [0.2, 0.25) is 0 Å². The van der Waals surface area contributed by atoms with Gasteiger partial charge in [0.1, 0.15) is 0 Å². The number of thiophene rings is 1. The molecule has 0 unspecified atom stereocenters. The molecule has 10 rings (SSSR count). The molecular weight excluding hydrogens is 629 g/mol. The van der Waals surface area contributed by atoms with E-state index < -0.39 is 0 Å². The monoisotopic (exact) mass is 656 g/mol. The van der Waals surface area contributed by atoms with Gasteiger partial charge in [0.05, 0.1) is 11.0 Å². The molecule has 0 saturated carbocycles. The molecule has 0 amide bonds. The van der Waals surface area contributed by atoms with Crippen LogP contribution in [0.15, 0.2) is 170 Å². The molecule has 0 N–H and O–H groups in total. The molecule has 10 aromatic rings. The molecule has 0 fully saturated rings. The Morgan fingerprint density at radius 2 is 0.900 bits per heavy atom. The van der Waals surface area contributed by atoms with Gasteiger partial charge in [-0.25, -0.2) is 15.0 Å². The Hall–Kier alpha value is -6.43. The van der Waals surface area contributed by atoms with Crippen LogP contribution >= 0.6 is 11.3 Å². The molecule has 4 nitrogen and oxygen atoms in total. The Labute approximate surface area is 292 Å². The van der Waals surface area contributed by atoms with Crippen molar-refractivity contribution in [2.45, 2.75) is 0 Å². The number of para-hydroxylation sites is 1. The fourth-order valence-electron chi connectivity index (χ4n) is 7.04. The van der Waals surface area contributed by atoms with Crippen LogP contribution in [0.3, 0.4) is 0 Å². The summed E-state index contributed by atoms with van der Waals surface area (Å²) in [7, 11) is 0. The van der Waals surface area contributed by atoms with Crippen LogP contribution in [0.5, 0.6) is 0 Å². The number of nitrogens with zero attached hydrogens (tertiary/aromatic N) is 4. The largest absolute Gasteiger partial charge is 0.309 e. The third-order valence-corrected chi connectivity index (χ3v) is 10.6. The van der Waals surface area contributed by atoms with Crippen LogP contribution in [0, 0.1) is 0 Å². The van der Waals surface area contributed by atoms with Crippen molar-refractivity contribution in [1.29, 1.82) is 0 Å². The summed E-state index contributed by atoms with van der Waals surface area (Å²) in [5.74, 6) is 1.99. The molecule has 0 radical (unpaired) electrons. The smallest absolute Gasteiger partial charge is 0.164 e. The van der Waals surface area contributed by atoms with Crippen LogP contribution in [0.2, 0.25) is 0 Å². The van der Waals surface area contributed by atoms with Gasteiger partial charge in [-0.3, -0.25) is 0 Å². The van der Waals surface area contributed by atoms with Gasteiger partial charge in [-0.1, -0.05) is 133 Å². The second kappa shape index (κ2) is 11.6. The van der Waals surface area contributed by atoms with Crippen molar-refractivity contribution < 1.29 is 0 Å². The highest BCUT2D eigenvalue weighted by Gasteiger charge is 2.17. The quantitative estimate of drug-likeness (QED) is 0.185. The predicted molar refractivity (Wildman–Crippen MR) is 209 cm³/mol. The van der Waals surface area contributed by atoms with E-state index in [0.717, 1.165) is 22.4 Å². The zero-order valence-electron chi connectivity index (χ0n) is 26.9. The average molecular weight is 657 g/mol. The van der Waals surface area contributed by atoms with E-state index in [2.05, 4.69) is 114 Å². The van der Waals surface area contributed by atoms with Crippen LogP contribution in [0.25, 0.3) is 93.0 Å². The van der Waals surface area contributed by atoms with Crippen molar-refractivity contribution >= 4 is 53.3 Å². The maximum Gasteiger partial charge on any atom is 0.164 e. The summed E-state index contributed by atoms with van der Waals surface area (Å²) < 4.78 is 4.86. The lowest BCUT2D eigenvalue weighted by molar-refractivity contribution is 1.07. The van der Waals surface area contributed by atoms with E-state index in [9.17, 15) is 0 Å². The first-order valence-electron chi connectivity index (χ1n) is 16.7. The summed E-state index contributed by atoms with van der Waals surface area (Å²) in [5, 5.41) is 4.97. The van der Waals surface area contributed by atoms with Crippen LogP contribution in [0.1, 0.15) is 0 Å². The van der Waals surface area contributed by atoms with Crippen molar-refractivity contribution in [3.8, 4) is 51.0 Å². The number of fused-ring (bicyclic) bond motifs is 6. The minimum absolute atomic E-state index is 0.664. The highest BCUT2D eigenvalue weighted by molar-refractivity contribution is 7.25. The molecule has 0 bridgehead atoms. The number of benzene rings is 7. The lowest BCUT2D eigenvalue weighted by Gasteiger charge is -2.10. The van der Waals surface area contributed by atoms with E-state index in [1.54, 1.807) is 11.3 Å². The van der Waals surface area contributed by atoms with Crippen molar-refractivity contribution in [2.24, 2.45) is 0 Å². The molecule has 0 aliphatic rings. The molecule has 50 heavy (non-hydrogen) atoms. The summed E-state index contributed by atoms with van der Waals surface area (Å²) >= 11 is 1.80. The van der Waals surface area contributed by atoms with E-state index in [-0.39, 0.29) is 0 Å². The van der Waals surface area contributed by atoms with Gasteiger partial charge >= 0.3 is 0 Å². The lowest BCUT2D eigenvalue weighted by atomic mass is 10.0. The Morgan fingerprint density at radius 1 is 0.340 bits per heavy atom. The van der Waals surface area contributed by atoms with E-state index in [1.165, 1.54) is 53.1 Å². The van der Waals surface area contributed by atoms with Crippen LogP contribution < -0.4 is 0 Å². The first-order valence-corrected chi connectivity index (χ1v) is 17.5. The van der Waals surface area contributed by atoms with Crippen LogP contribution in [0.4, 0.5) is 0 Å². The fraction of sp³-hybridized carbons (Fsp3) is 0. The molecule has 0 saturated heterocycles. The van der Waals surface area contributed by atoms with Gasteiger partial charge in [0.15, 0.2) is 17.5 Å². The first-order chi connectivity index (χ1) is 24.8. The second-order valence-electron chi connectivity index (χ2n) is 12.5. The van der Waals surface area contributed by atoms with E-state index in [0.29, 0.717) is 17.5 Å². The minimum Gasteiger partial charge on any atom is -0.309 e. The molecule has 234 valence electrons. The average Bonchev–Trinajstić information content (AvgIpc) is 3.73. The molecule has 5 heteroatoms. The molecule has 3 heterocycles. The molecule has 0 aliphatic carbocycles. The maximum absolute atomic E-state index is 4.97. The van der Waals surface area contributed by atoms with Gasteiger partial charge in [0, 0.05) is 53.3 Å². The minimum atomic E-state index is 0.664. The highest BCUT2D eigenvalue weighted by Crippen LogP contribution is 2.40. The Bertz CT molecular complexity index is 2800. The lowest BCUT2D eigenvalue weighted by Crippen LogP contribution is -1.99. The fourth-order valence-corrected chi connectivity index (χ4v) is 8.17. The van der Waals surface area contributed by atoms with Gasteiger partial charge < -0.3 is 4.57 Å². The topological polar surface area (TPSA) is 43.6 Å². The van der Waals surface area contributed by atoms with E-state index in [4.69, 9.17) is 15.0 Å². The van der Waals surface area contributed by atoms with Crippen molar-refractivity contribution in [3.63, 3.8) is 0 Å².